The van der Waals surface area contributed by atoms with Crippen LogP contribution < -0.4 is 0 Å². The smallest absolute Gasteiger partial charge is 0.124 e. The van der Waals surface area contributed by atoms with Crippen molar-refractivity contribution in [1.29, 1.82) is 0 Å². The first-order chi connectivity index (χ1) is 5.83. The zero-order chi connectivity index (χ0) is 8.55. The van der Waals surface area contributed by atoms with Crippen LogP contribution in [0.4, 0.5) is 0 Å². The molecule has 12 heavy (non-hydrogen) atoms. The van der Waals surface area contributed by atoms with Crippen molar-refractivity contribution in [2.75, 3.05) is 0 Å². The lowest BCUT2D eigenvalue weighted by atomic mass is 10.0. The van der Waals surface area contributed by atoms with Crippen LogP contribution in [0, 0.1) is 0 Å². The highest BCUT2D eigenvalue weighted by atomic mass is 16.1. The Bertz CT molecular complexity index is 359. The minimum absolute atomic E-state index is 0.277. The minimum Gasteiger partial charge on any atom is -0.234 e. The molecule has 0 aliphatic heterocycles. The molecule has 0 fully saturated rings. The van der Waals surface area contributed by atoms with E-state index in [9.17, 15) is 4.79 Å². The molecular weight excluding hydrogens is 148 g/mol. The number of hydrogen-bond donors (Lipinski definition) is 0. The summed E-state index contributed by atoms with van der Waals surface area (Å²) in [5.74, 6) is 2.30. The summed E-state index contributed by atoms with van der Waals surface area (Å²) in [5.41, 5.74) is 3.45. The van der Waals surface area contributed by atoms with Gasteiger partial charge in [-0.1, -0.05) is 31.2 Å². The first-order valence-corrected chi connectivity index (χ1v) is 4.14. The molecule has 0 aromatic heterocycles. The lowest BCUT2D eigenvalue weighted by Crippen LogP contribution is -1.89. The molecule has 1 heteroatoms. The van der Waals surface area contributed by atoms with Gasteiger partial charge in [0.25, 0.3) is 0 Å². The number of benzene rings is 1. The molecular formula is C11H10O. The fraction of sp³-hybridized carbons (Fsp3) is 0.273. The molecule has 1 unspecified atom stereocenters. The van der Waals surface area contributed by atoms with Crippen molar-refractivity contribution in [3.05, 3.63) is 41.0 Å². The van der Waals surface area contributed by atoms with Gasteiger partial charge in [0.05, 0.1) is 0 Å². The summed E-state index contributed by atoms with van der Waals surface area (Å²) in [4.78, 5) is 10.5. The predicted molar refractivity (Wildman–Crippen MR) is 47.8 cm³/mol. The number of fused-ring (bicyclic) bond motifs is 1. The highest BCUT2D eigenvalue weighted by molar-refractivity contribution is 5.62. The number of hydrogen-bond acceptors (Lipinski definition) is 1. The summed E-state index contributed by atoms with van der Waals surface area (Å²) < 4.78 is 0. The monoisotopic (exact) mass is 158 g/mol. The van der Waals surface area contributed by atoms with E-state index in [-0.39, 0.29) is 5.92 Å². The van der Waals surface area contributed by atoms with Gasteiger partial charge in [-0.15, -0.1) is 0 Å². The molecule has 1 aromatic carbocycles. The maximum atomic E-state index is 10.5. The van der Waals surface area contributed by atoms with Crippen molar-refractivity contribution in [2.24, 2.45) is 0 Å². The molecule has 0 saturated carbocycles. The quantitative estimate of drug-likeness (QED) is 0.528. The summed E-state index contributed by atoms with van der Waals surface area (Å²) in [5, 5.41) is 0. The first-order valence-electron chi connectivity index (χ1n) is 4.14. The van der Waals surface area contributed by atoms with Crippen LogP contribution >= 0.6 is 0 Å². The molecule has 0 radical (unpaired) electrons. The Morgan fingerprint density at radius 1 is 1.42 bits per heavy atom. The van der Waals surface area contributed by atoms with E-state index in [1.54, 1.807) is 0 Å². The van der Waals surface area contributed by atoms with Crippen molar-refractivity contribution in [2.45, 2.75) is 19.3 Å². The fourth-order valence-electron chi connectivity index (χ4n) is 1.79. The molecule has 0 N–H and O–H groups in total. The van der Waals surface area contributed by atoms with E-state index >= 15 is 0 Å². The Morgan fingerprint density at radius 2 is 2.17 bits per heavy atom. The van der Waals surface area contributed by atoms with Crippen LogP contribution in [-0.2, 0) is 11.2 Å². The zero-order valence-corrected chi connectivity index (χ0v) is 7.00. The Balaban J connectivity index is 2.56. The largest absolute Gasteiger partial charge is 0.234 e. The van der Waals surface area contributed by atoms with Crippen molar-refractivity contribution < 1.29 is 4.79 Å². The molecule has 1 atom stereocenters. The Labute approximate surface area is 71.7 Å². The SMILES string of the molecule is CC1C(=C=O)Cc2ccccc21. The number of allylic oxidation sites excluding steroid dienone is 1. The Hall–Kier alpha value is -1.33. The van der Waals surface area contributed by atoms with E-state index in [0.29, 0.717) is 0 Å². The van der Waals surface area contributed by atoms with Gasteiger partial charge >= 0.3 is 0 Å². The summed E-state index contributed by atoms with van der Waals surface area (Å²) in [6, 6.07) is 8.20. The molecule has 60 valence electrons. The van der Waals surface area contributed by atoms with Crippen LogP contribution in [0.1, 0.15) is 24.0 Å². The van der Waals surface area contributed by atoms with Crippen LogP contribution in [0.3, 0.4) is 0 Å². The molecule has 0 heterocycles. The molecule has 1 nitrogen and oxygen atoms in total. The molecule has 1 aromatic rings. The van der Waals surface area contributed by atoms with E-state index in [4.69, 9.17) is 0 Å². The van der Waals surface area contributed by atoms with E-state index in [2.05, 4.69) is 19.1 Å². The summed E-state index contributed by atoms with van der Waals surface area (Å²) in [6.45, 7) is 2.06. The van der Waals surface area contributed by atoms with Gasteiger partial charge in [0, 0.05) is 17.9 Å². The molecule has 0 bridgehead atoms. The Morgan fingerprint density at radius 3 is 2.83 bits per heavy atom. The third-order valence-electron chi connectivity index (χ3n) is 2.56. The number of carbonyl (C=O) groups excluding carboxylic acids is 1. The second-order valence-electron chi connectivity index (χ2n) is 3.22. The van der Waals surface area contributed by atoms with Crippen molar-refractivity contribution in [3.8, 4) is 0 Å². The number of rotatable bonds is 0. The van der Waals surface area contributed by atoms with Crippen LogP contribution in [0.2, 0.25) is 0 Å². The van der Waals surface area contributed by atoms with Gasteiger partial charge in [0.2, 0.25) is 0 Å². The van der Waals surface area contributed by atoms with Crippen LogP contribution in [0.5, 0.6) is 0 Å². The van der Waals surface area contributed by atoms with E-state index < -0.39 is 0 Å². The first kappa shape index (κ1) is 7.33. The molecule has 2 rings (SSSR count). The second kappa shape index (κ2) is 2.62. The predicted octanol–water partition coefficient (Wildman–Crippen LogP) is 2.10. The van der Waals surface area contributed by atoms with Gasteiger partial charge in [0.1, 0.15) is 5.94 Å². The van der Waals surface area contributed by atoms with Gasteiger partial charge < -0.3 is 0 Å². The lowest BCUT2D eigenvalue weighted by molar-refractivity contribution is 0.565. The fourth-order valence-corrected chi connectivity index (χ4v) is 1.79. The average molecular weight is 158 g/mol. The summed E-state index contributed by atoms with van der Waals surface area (Å²) in [7, 11) is 0. The average Bonchev–Trinajstić information content (AvgIpc) is 2.44. The molecule has 1 aliphatic rings. The minimum atomic E-state index is 0.277. The van der Waals surface area contributed by atoms with Crippen molar-refractivity contribution in [3.63, 3.8) is 0 Å². The summed E-state index contributed by atoms with van der Waals surface area (Å²) in [6.07, 6.45) is 0.792. The maximum absolute atomic E-state index is 10.5. The Kier molecular flexibility index (Phi) is 1.60. The molecule has 0 spiro atoms. The molecule has 0 saturated heterocycles. The van der Waals surface area contributed by atoms with E-state index in [1.807, 2.05) is 18.1 Å². The van der Waals surface area contributed by atoms with Gasteiger partial charge in [-0.3, -0.25) is 0 Å². The van der Waals surface area contributed by atoms with Gasteiger partial charge in [0.15, 0.2) is 0 Å². The normalized spacial score (nSPS) is 20.4. The standard InChI is InChI=1S/C11H10O/c1-8-10(7-12)6-9-4-2-3-5-11(8)9/h2-5,8H,6H2,1H3. The third-order valence-corrected chi connectivity index (χ3v) is 2.56. The van der Waals surface area contributed by atoms with Crippen LogP contribution in [0.25, 0.3) is 0 Å². The van der Waals surface area contributed by atoms with Gasteiger partial charge in [-0.05, 0) is 11.1 Å². The highest BCUT2D eigenvalue weighted by Gasteiger charge is 2.23. The topological polar surface area (TPSA) is 17.1 Å². The van der Waals surface area contributed by atoms with Gasteiger partial charge in [-0.2, -0.15) is 0 Å². The molecule has 0 amide bonds. The van der Waals surface area contributed by atoms with Gasteiger partial charge in [-0.25, -0.2) is 4.79 Å². The maximum Gasteiger partial charge on any atom is 0.124 e. The lowest BCUT2D eigenvalue weighted by Gasteiger charge is -2.01. The van der Waals surface area contributed by atoms with Crippen molar-refractivity contribution in [1.82, 2.24) is 0 Å². The zero-order valence-electron chi connectivity index (χ0n) is 7.00. The van der Waals surface area contributed by atoms with Crippen LogP contribution in [0.15, 0.2) is 29.8 Å². The molecule has 1 aliphatic carbocycles. The third kappa shape index (κ3) is 0.910. The highest BCUT2D eigenvalue weighted by Crippen LogP contribution is 2.34. The van der Waals surface area contributed by atoms with E-state index in [0.717, 1.165) is 12.0 Å². The van der Waals surface area contributed by atoms with Crippen molar-refractivity contribution >= 4 is 5.94 Å². The van der Waals surface area contributed by atoms with Crippen LogP contribution in [-0.4, -0.2) is 5.94 Å². The second-order valence-corrected chi connectivity index (χ2v) is 3.22. The summed E-state index contributed by atoms with van der Waals surface area (Å²) >= 11 is 0. The van der Waals surface area contributed by atoms with E-state index in [1.165, 1.54) is 11.1 Å².